The largest absolute Gasteiger partial charge is 0.351 e. The Morgan fingerprint density at radius 3 is 2.42 bits per heavy atom. The van der Waals surface area contributed by atoms with E-state index < -0.39 is 16.1 Å². The molecule has 0 heterocycles. The van der Waals surface area contributed by atoms with Crippen molar-refractivity contribution < 1.29 is 13.2 Å². The van der Waals surface area contributed by atoms with Gasteiger partial charge >= 0.3 is 0 Å². The van der Waals surface area contributed by atoms with Crippen LogP contribution in [0.1, 0.15) is 32.6 Å². The predicted molar refractivity (Wildman–Crippen MR) is 95.6 cm³/mol. The number of nitrogens with one attached hydrogen (secondary N) is 1. The Morgan fingerprint density at radius 1 is 1.25 bits per heavy atom. The van der Waals surface area contributed by atoms with Crippen molar-refractivity contribution in [3.63, 3.8) is 0 Å². The minimum Gasteiger partial charge on any atom is -0.351 e. The van der Waals surface area contributed by atoms with Crippen LogP contribution in [0, 0.1) is 11.8 Å². The van der Waals surface area contributed by atoms with E-state index in [9.17, 15) is 13.2 Å². The Balaban J connectivity index is 1.77. The van der Waals surface area contributed by atoms with Crippen LogP contribution in [0.4, 0.5) is 5.69 Å². The van der Waals surface area contributed by atoms with E-state index in [2.05, 4.69) is 5.32 Å². The Hall–Kier alpha value is -1.27. The number of anilines is 1. The van der Waals surface area contributed by atoms with Crippen LogP contribution in [-0.4, -0.2) is 32.7 Å². The SMILES string of the molecule is C[C@@H](C(=O)N[C@@H]1C[C@@H]2CC[C@@H]1C2)N(c1ccc(Cl)cc1)S(C)(=O)=O. The van der Waals surface area contributed by atoms with Gasteiger partial charge in [0.2, 0.25) is 15.9 Å². The molecule has 2 aliphatic rings. The fraction of sp³-hybridized carbons (Fsp3) is 0.588. The van der Waals surface area contributed by atoms with E-state index in [1.54, 1.807) is 31.2 Å². The Morgan fingerprint density at radius 2 is 1.92 bits per heavy atom. The molecular formula is C17H23ClN2O3S. The smallest absolute Gasteiger partial charge is 0.243 e. The fourth-order valence-corrected chi connectivity index (χ4v) is 5.42. The van der Waals surface area contributed by atoms with Crippen molar-refractivity contribution in [1.82, 2.24) is 5.32 Å². The fourth-order valence-electron chi connectivity index (χ4n) is 4.12. The molecule has 2 bridgehead atoms. The first-order chi connectivity index (χ1) is 11.3. The predicted octanol–water partition coefficient (Wildman–Crippen LogP) is 2.80. The molecule has 2 saturated carbocycles. The van der Waals surface area contributed by atoms with Crippen LogP contribution >= 0.6 is 11.6 Å². The molecule has 0 radical (unpaired) electrons. The summed E-state index contributed by atoms with van der Waals surface area (Å²) in [7, 11) is -3.59. The van der Waals surface area contributed by atoms with Gasteiger partial charge in [0.05, 0.1) is 11.9 Å². The number of amides is 1. The average molecular weight is 371 g/mol. The van der Waals surface area contributed by atoms with Crippen molar-refractivity contribution in [3.05, 3.63) is 29.3 Å². The molecular weight excluding hydrogens is 348 g/mol. The number of halogens is 1. The summed E-state index contributed by atoms with van der Waals surface area (Å²) in [6.07, 6.45) is 5.74. The molecule has 0 unspecified atom stereocenters. The number of carbonyl (C=O) groups excluding carboxylic acids is 1. The summed E-state index contributed by atoms with van der Waals surface area (Å²) in [5.41, 5.74) is 0.442. The summed E-state index contributed by atoms with van der Waals surface area (Å²) < 4.78 is 25.6. The molecule has 1 amide bonds. The average Bonchev–Trinajstić information content (AvgIpc) is 3.10. The van der Waals surface area contributed by atoms with Crippen LogP contribution < -0.4 is 9.62 Å². The van der Waals surface area contributed by atoms with Gasteiger partial charge in [0.25, 0.3) is 0 Å². The monoisotopic (exact) mass is 370 g/mol. The number of benzene rings is 1. The first kappa shape index (κ1) is 17.5. The number of sulfonamides is 1. The molecule has 132 valence electrons. The summed E-state index contributed by atoms with van der Waals surface area (Å²) in [6, 6.07) is 5.85. The second-order valence-corrected chi connectivity index (χ2v) is 9.30. The van der Waals surface area contributed by atoms with Crippen molar-refractivity contribution in [2.45, 2.75) is 44.7 Å². The second kappa shape index (κ2) is 6.56. The van der Waals surface area contributed by atoms with Crippen molar-refractivity contribution in [2.24, 2.45) is 11.8 Å². The lowest BCUT2D eigenvalue weighted by molar-refractivity contribution is -0.122. The van der Waals surface area contributed by atoms with Gasteiger partial charge in [-0.05, 0) is 62.3 Å². The normalized spacial score (nSPS) is 27.0. The molecule has 0 spiro atoms. The van der Waals surface area contributed by atoms with E-state index in [0.717, 1.165) is 29.3 Å². The van der Waals surface area contributed by atoms with E-state index in [1.165, 1.54) is 12.8 Å². The summed E-state index contributed by atoms with van der Waals surface area (Å²) >= 11 is 5.87. The van der Waals surface area contributed by atoms with Gasteiger partial charge in [0.15, 0.2) is 0 Å². The highest BCUT2D eigenvalue weighted by molar-refractivity contribution is 7.92. The third-order valence-electron chi connectivity index (χ3n) is 5.24. The van der Waals surface area contributed by atoms with Gasteiger partial charge in [-0.15, -0.1) is 0 Å². The lowest BCUT2D eigenvalue weighted by atomic mass is 9.95. The highest BCUT2D eigenvalue weighted by Gasteiger charge is 2.41. The molecule has 5 nitrogen and oxygen atoms in total. The second-order valence-electron chi connectivity index (χ2n) is 7.00. The van der Waals surface area contributed by atoms with Gasteiger partial charge in [0, 0.05) is 11.1 Å². The van der Waals surface area contributed by atoms with E-state index in [-0.39, 0.29) is 11.9 Å². The minimum atomic E-state index is -3.59. The molecule has 2 aliphatic carbocycles. The maximum atomic E-state index is 12.7. The highest BCUT2D eigenvalue weighted by atomic mass is 35.5. The van der Waals surface area contributed by atoms with E-state index in [0.29, 0.717) is 16.6 Å². The molecule has 24 heavy (non-hydrogen) atoms. The van der Waals surface area contributed by atoms with Gasteiger partial charge in [-0.25, -0.2) is 8.42 Å². The summed E-state index contributed by atoms with van der Waals surface area (Å²) in [6.45, 7) is 1.62. The Bertz CT molecular complexity index is 720. The van der Waals surface area contributed by atoms with Gasteiger partial charge in [-0.1, -0.05) is 18.0 Å². The number of carbonyl (C=O) groups is 1. The zero-order valence-corrected chi connectivity index (χ0v) is 15.5. The highest BCUT2D eigenvalue weighted by Crippen LogP contribution is 2.44. The zero-order valence-electron chi connectivity index (χ0n) is 13.9. The van der Waals surface area contributed by atoms with Crippen molar-refractivity contribution in [3.8, 4) is 0 Å². The molecule has 7 heteroatoms. The Labute approximate surface area is 148 Å². The third kappa shape index (κ3) is 3.54. The third-order valence-corrected chi connectivity index (χ3v) is 6.73. The molecule has 1 aromatic rings. The molecule has 0 saturated heterocycles. The van der Waals surface area contributed by atoms with Gasteiger partial charge in [-0.3, -0.25) is 9.10 Å². The molecule has 1 aromatic carbocycles. The zero-order chi connectivity index (χ0) is 17.5. The van der Waals surface area contributed by atoms with Crippen LogP contribution in [-0.2, 0) is 14.8 Å². The number of rotatable bonds is 5. The maximum Gasteiger partial charge on any atom is 0.243 e. The van der Waals surface area contributed by atoms with Gasteiger partial charge < -0.3 is 5.32 Å². The van der Waals surface area contributed by atoms with E-state index >= 15 is 0 Å². The topological polar surface area (TPSA) is 66.5 Å². The lowest BCUT2D eigenvalue weighted by Crippen LogP contribution is -2.51. The molecule has 3 rings (SSSR count). The van der Waals surface area contributed by atoms with Crippen LogP contribution in [0.3, 0.4) is 0 Å². The van der Waals surface area contributed by atoms with Crippen LogP contribution in [0.25, 0.3) is 0 Å². The van der Waals surface area contributed by atoms with Gasteiger partial charge in [-0.2, -0.15) is 0 Å². The number of hydrogen-bond acceptors (Lipinski definition) is 3. The standard InChI is InChI=1S/C17H23ClN2O3S/c1-11(17(21)19-16-10-12-3-4-13(16)9-12)20(24(2,22)23)15-7-5-14(18)6-8-15/h5-8,11-13,16H,3-4,9-10H2,1-2H3,(H,19,21)/t11-,12+,13+,16+/m0/s1. The van der Waals surface area contributed by atoms with Crippen molar-refractivity contribution in [1.29, 1.82) is 0 Å². The van der Waals surface area contributed by atoms with Crippen molar-refractivity contribution >= 4 is 33.2 Å². The summed E-state index contributed by atoms with van der Waals surface area (Å²) in [4.78, 5) is 12.7. The number of hydrogen-bond donors (Lipinski definition) is 1. The maximum absolute atomic E-state index is 12.7. The Kier molecular flexibility index (Phi) is 4.80. The lowest BCUT2D eigenvalue weighted by Gasteiger charge is -2.31. The van der Waals surface area contributed by atoms with E-state index in [1.807, 2.05) is 0 Å². The minimum absolute atomic E-state index is 0.185. The van der Waals surface area contributed by atoms with Gasteiger partial charge in [0.1, 0.15) is 6.04 Å². The first-order valence-corrected chi connectivity index (χ1v) is 10.5. The van der Waals surface area contributed by atoms with Crippen LogP contribution in [0.5, 0.6) is 0 Å². The van der Waals surface area contributed by atoms with Crippen LogP contribution in [0.2, 0.25) is 5.02 Å². The van der Waals surface area contributed by atoms with E-state index in [4.69, 9.17) is 11.6 Å². The first-order valence-electron chi connectivity index (χ1n) is 8.31. The molecule has 0 aliphatic heterocycles. The number of fused-ring (bicyclic) bond motifs is 2. The summed E-state index contributed by atoms with van der Waals surface area (Å²) in [5, 5.41) is 3.59. The summed E-state index contributed by atoms with van der Waals surface area (Å²) in [5.74, 6) is 1.03. The van der Waals surface area contributed by atoms with Crippen molar-refractivity contribution in [2.75, 3.05) is 10.6 Å². The quantitative estimate of drug-likeness (QED) is 0.866. The molecule has 2 fully saturated rings. The number of nitrogens with zero attached hydrogens (tertiary/aromatic N) is 1. The molecule has 4 atom stereocenters. The van der Waals surface area contributed by atoms with Crippen LogP contribution in [0.15, 0.2) is 24.3 Å². The molecule has 1 N–H and O–H groups in total. The molecule has 0 aromatic heterocycles.